The number of amides is 2. The minimum Gasteiger partial charge on any atom is -0.497 e. The Morgan fingerprint density at radius 2 is 1.55 bits per heavy atom. The highest BCUT2D eigenvalue weighted by Crippen LogP contribution is 2.27. The monoisotopic (exact) mass is 565 g/mol. The summed E-state index contributed by atoms with van der Waals surface area (Å²) in [6.45, 7) is 7.71. The molecular weight excluding hydrogens is 526 g/mol. The highest BCUT2D eigenvalue weighted by atomic mass is 32.2. The summed E-state index contributed by atoms with van der Waals surface area (Å²) in [5.74, 6) is -0.0765. The van der Waals surface area contributed by atoms with Gasteiger partial charge in [-0.2, -0.15) is 0 Å². The van der Waals surface area contributed by atoms with Gasteiger partial charge in [0.25, 0.3) is 10.0 Å². The number of rotatable bonds is 13. The second kappa shape index (κ2) is 14.0. The van der Waals surface area contributed by atoms with Crippen LogP contribution in [0.5, 0.6) is 5.75 Å². The molecule has 0 aliphatic heterocycles. The minimum atomic E-state index is -4.10. The number of nitrogens with one attached hydrogen (secondary N) is 1. The van der Waals surface area contributed by atoms with Crippen molar-refractivity contribution in [3.05, 3.63) is 89.5 Å². The van der Waals surface area contributed by atoms with Gasteiger partial charge >= 0.3 is 0 Å². The van der Waals surface area contributed by atoms with Crippen LogP contribution in [-0.2, 0) is 26.2 Å². The van der Waals surface area contributed by atoms with Crippen molar-refractivity contribution in [2.24, 2.45) is 0 Å². The fourth-order valence-corrected chi connectivity index (χ4v) is 5.98. The molecule has 3 rings (SSSR count). The maximum atomic E-state index is 14.1. The predicted octanol–water partition coefficient (Wildman–Crippen LogP) is 4.84. The average molecular weight is 566 g/mol. The van der Waals surface area contributed by atoms with Crippen molar-refractivity contribution in [2.75, 3.05) is 24.5 Å². The van der Waals surface area contributed by atoms with Crippen LogP contribution in [0.1, 0.15) is 43.4 Å². The fourth-order valence-electron chi connectivity index (χ4n) is 4.56. The number of benzene rings is 3. The molecule has 3 aromatic carbocycles. The molecule has 1 atom stereocenters. The van der Waals surface area contributed by atoms with Gasteiger partial charge in [-0.05, 0) is 79.8 Å². The molecule has 8 nitrogen and oxygen atoms in total. The molecule has 0 unspecified atom stereocenters. The van der Waals surface area contributed by atoms with Crippen molar-refractivity contribution in [1.82, 2.24) is 10.2 Å². The van der Waals surface area contributed by atoms with Gasteiger partial charge in [-0.1, -0.05) is 50.2 Å². The van der Waals surface area contributed by atoms with Crippen molar-refractivity contribution in [2.45, 2.75) is 58.0 Å². The molecule has 0 heterocycles. The Bertz CT molecular complexity index is 1370. The molecule has 1 N–H and O–H groups in total. The summed E-state index contributed by atoms with van der Waals surface area (Å²) in [5.41, 5.74) is 2.93. The molecule has 3 aromatic rings. The van der Waals surface area contributed by atoms with Crippen molar-refractivity contribution in [3.63, 3.8) is 0 Å². The van der Waals surface area contributed by atoms with E-state index in [1.807, 2.05) is 45.9 Å². The van der Waals surface area contributed by atoms with Crippen LogP contribution in [0.15, 0.2) is 77.7 Å². The van der Waals surface area contributed by atoms with E-state index in [9.17, 15) is 18.0 Å². The Balaban J connectivity index is 2.06. The van der Waals surface area contributed by atoms with Gasteiger partial charge in [-0.15, -0.1) is 0 Å². The molecule has 214 valence electrons. The second-order valence-corrected chi connectivity index (χ2v) is 11.6. The molecule has 0 aromatic heterocycles. The van der Waals surface area contributed by atoms with Crippen LogP contribution in [0.25, 0.3) is 0 Å². The van der Waals surface area contributed by atoms with E-state index in [-0.39, 0.29) is 17.3 Å². The van der Waals surface area contributed by atoms with E-state index < -0.39 is 28.5 Å². The molecule has 0 saturated carbocycles. The lowest BCUT2D eigenvalue weighted by Gasteiger charge is -2.33. The first-order valence-corrected chi connectivity index (χ1v) is 14.9. The molecule has 0 spiro atoms. The number of nitrogens with zero attached hydrogens (tertiary/aromatic N) is 2. The molecule has 0 fully saturated rings. The van der Waals surface area contributed by atoms with E-state index in [2.05, 4.69) is 5.32 Å². The number of aryl methyl sites for hydroxylation is 2. The number of hydrogen-bond acceptors (Lipinski definition) is 5. The van der Waals surface area contributed by atoms with Crippen LogP contribution in [0, 0.1) is 13.8 Å². The first-order valence-electron chi connectivity index (χ1n) is 13.5. The molecule has 9 heteroatoms. The third-order valence-corrected chi connectivity index (χ3v) is 8.34. The predicted molar refractivity (Wildman–Crippen MR) is 158 cm³/mol. The number of carbonyl (C=O) groups is 2. The highest BCUT2D eigenvalue weighted by Gasteiger charge is 2.33. The van der Waals surface area contributed by atoms with Crippen LogP contribution >= 0.6 is 0 Å². The van der Waals surface area contributed by atoms with Crippen LogP contribution in [0.2, 0.25) is 0 Å². The topological polar surface area (TPSA) is 96.0 Å². The Morgan fingerprint density at radius 1 is 0.925 bits per heavy atom. The van der Waals surface area contributed by atoms with Crippen LogP contribution in [-0.4, -0.2) is 51.4 Å². The molecular formula is C31H39N3O5S. The number of methoxy groups -OCH3 is 1. The molecule has 2 amide bonds. The molecule has 0 radical (unpaired) electrons. The van der Waals surface area contributed by atoms with Crippen LogP contribution < -0.4 is 14.4 Å². The third-order valence-electron chi connectivity index (χ3n) is 6.55. The van der Waals surface area contributed by atoms with E-state index in [4.69, 9.17) is 4.74 Å². The fraction of sp³-hybridized carbons (Fsp3) is 0.355. The summed E-state index contributed by atoms with van der Waals surface area (Å²) in [6, 6.07) is 20.0. The number of hydrogen-bond donors (Lipinski definition) is 1. The summed E-state index contributed by atoms with van der Waals surface area (Å²) in [5, 5.41) is 2.89. The van der Waals surface area contributed by atoms with E-state index in [1.165, 1.54) is 17.0 Å². The van der Waals surface area contributed by atoms with E-state index in [1.54, 1.807) is 49.6 Å². The first-order chi connectivity index (χ1) is 19.1. The quantitative estimate of drug-likeness (QED) is 0.320. The van der Waals surface area contributed by atoms with Gasteiger partial charge in [0, 0.05) is 13.1 Å². The maximum Gasteiger partial charge on any atom is 0.264 e. The molecule has 0 bridgehead atoms. The normalized spacial score (nSPS) is 11.9. The smallest absolute Gasteiger partial charge is 0.264 e. The second-order valence-electron chi connectivity index (χ2n) is 9.76. The lowest BCUT2D eigenvalue weighted by Crippen LogP contribution is -2.52. The van der Waals surface area contributed by atoms with Crippen molar-refractivity contribution in [1.29, 1.82) is 0 Å². The summed E-state index contributed by atoms with van der Waals surface area (Å²) in [4.78, 5) is 28.8. The Hall–Kier alpha value is -3.85. The molecule has 0 aliphatic carbocycles. The van der Waals surface area contributed by atoms with Crippen molar-refractivity contribution in [3.8, 4) is 5.75 Å². The van der Waals surface area contributed by atoms with Crippen LogP contribution in [0.3, 0.4) is 0 Å². The zero-order chi connectivity index (χ0) is 29.3. The van der Waals surface area contributed by atoms with E-state index in [0.717, 1.165) is 27.4 Å². The number of ether oxygens (including phenoxy) is 1. The minimum absolute atomic E-state index is 0.0800. The van der Waals surface area contributed by atoms with Crippen LogP contribution in [0.4, 0.5) is 5.69 Å². The first kappa shape index (κ1) is 30.7. The average Bonchev–Trinajstić information content (AvgIpc) is 2.94. The third kappa shape index (κ3) is 7.63. The van der Waals surface area contributed by atoms with Crippen molar-refractivity contribution < 1.29 is 22.7 Å². The number of sulfonamides is 1. The van der Waals surface area contributed by atoms with Gasteiger partial charge in [0.15, 0.2) is 0 Å². The molecule has 0 aliphatic rings. The lowest BCUT2D eigenvalue weighted by atomic mass is 10.1. The SMILES string of the molecule is CCCNC(=O)[C@H](CC)N(Cc1ccc(OC)cc1)C(=O)CN(c1cc(C)cc(C)c1)S(=O)(=O)c1ccccc1. The summed E-state index contributed by atoms with van der Waals surface area (Å²) >= 11 is 0. The zero-order valence-electron chi connectivity index (χ0n) is 23.9. The highest BCUT2D eigenvalue weighted by molar-refractivity contribution is 7.92. The summed E-state index contributed by atoms with van der Waals surface area (Å²) in [6.07, 6.45) is 1.12. The lowest BCUT2D eigenvalue weighted by molar-refractivity contribution is -0.140. The van der Waals surface area contributed by atoms with E-state index >= 15 is 0 Å². The van der Waals surface area contributed by atoms with Crippen molar-refractivity contribution >= 4 is 27.5 Å². The summed E-state index contributed by atoms with van der Waals surface area (Å²) < 4.78 is 34.2. The molecule has 40 heavy (non-hydrogen) atoms. The summed E-state index contributed by atoms with van der Waals surface area (Å²) in [7, 11) is -2.52. The Morgan fingerprint density at radius 3 is 2.10 bits per heavy atom. The van der Waals surface area contributed by atoms with Gasteiger partial charge in [0.1, 0.15) is 18.3 Å². The standard InChI is InChI=1S/C31H39N3O5S/c1-6-17-32-31(36)29(7-2)33(21-25-13-15-27(39-5)16-14-25)30(35)22-34(26-19-23(3)18-24(4)20-26)40(37,38)28-11-9-8-10-12-28/h8-16,18-20,29H,6-7,17,21-22H2,1-5H3,(H,32,36)/t29-/m0/s1. The Kier molecular flexibility index (Phi) is 10.7. The van der Waals surface area contributed by atoms with Gasteiger partial charge in [-0.3, -0.25) is 13.9 Å². The Labute approximate surface area is 238 Å². The maximum absolute atomic E-state index is 14.1. The number of anilines is 1. The van der Waals surface area contributed by atoms with Gasteiger partial charge in [0.2, 0.25) is 11.8 Å². The largest absolute Gasteiger partial charge is 0.497 e. The van der Waals surface area contributed by atoms with Gasteiger partial charge in [-0.25, -0.2) is 8.42 Å². The van der Waals surface area contributed by atoms with E-state index in [0.29, 0.717) is 24.4 Å². The number of carbonyl (C=O) groups excluding carboxylic acids is 2. The van der Waals surface area contributed by atoms with Gasteiger partial charge in [0.05, 0.1) is 17.7 Å². The molecule has 0 saturated heterocycles. The van der Waals surface area contributed by atoms with Gasteiger partial charge < -0.3 is 15.0 Å². The zero-order valence-corrected chi connectivity index (χ0v) is 24.7.